The quantitative estimate of drug-likeness (QED) is 0.708. The zero-order valence-electron chi connectivity index (χ0n) is 16.0. The molecule has 3 atom stereocenters. The van der Waals surface area contributed by atoms with Crippen molar-refractivity contribution in [2.24, 2.45) is 0 Å². The fourth-order valence-corrected chi connectivity index (χ4v) is 5.18. The van der Waals surface area contributed by atoms with E-state index in [1.54, 1.807) is 12.4 Å². The van der Waals surface area contributed by atoms with Crippen LogP contribution in [0.2, 0.25) is 0 Å². The SMILES string of the molecule is CC(C)NC(=O)OC1CCC(c2cc(Nc3cncc4c3CS(=O)C4)n[nH]2)C1. The van der Waals surface area contributed by atoms with Gasteiger partial charge in [-0.15, -0.1) is 0 Å². The van der Waals surface area contributed by atoms with Crippen molar-refractivity contribution < 1.29 is 13.7 Å². The van der Waals surface area contributed by atoms with Gasteiger partial charge >= 0.3 is 6.09 Å². The molecule has 8 nitrogen and oxygen atoms in total. The molecule has 1 aliphatic carbocycles. The molecule has 0 bridgehead atoms. The van der Waals surface area contributed by atoms with Crippen LogP contribution in [-0.4, -0.2) is 37.6 Å². The summed E-state index contributed by atoms with van der Waals surface area (Å²) in [7, 11) is -0.852. The summed E-state index contributed by atoms with van der Waals surface area (Å²) < 4.78 is 17.3. The maximum atomic E-state index is 11.8. The number of H-pyrrole nitrogens is 1. The molecule has 2 aromatic rings. The number of anilines is 2. The van der Waals surface area contributed by atoms with Crippen molar-refractivity contribution in [2.75, 3.05) is 5.32 Å². The number of amides is 1. The molecule has 0 aromatic carbocycles. The Morgan fingerprint density at radius 3 is 3.00 bits per heavy atom. The summed E-state index contributed by atoms with van der Waals surface area (Å²) in [5, 5.41) is 13.5. The predicted molar refractivity (Wildman–Crippen MR) is 107 cm³/mol. The van der Waals surface area contributed by atoms with E-state index in [1.807, 2.05) is 19.9 Å². The summed E-state index contributed by atoms with van der Waals surface area (Å²) in [5.41, 5.74) is 3.99. The number of ether oxygens (including phenoxy) is 1. The van der Waals surface area contributed by atoms with E-state index < -0.39 is 10.8 Å². The van der Waals surface area contributed by atoms with Crippen LogP contribution in [0.5, 0.6) is 0 Å². The van der Waals surface area contributed by atoms with Crippen LogP contribution in [0.3, 0.4) is 0 Å². The molecule has 28 heavy (non-hydrogen) atoms. The van der Waals surface area contributed by atoms with E-state index in [1.165, 1.54) is 0 Å². The van der Waals surface area contributed by atoms with Crippen LogP contribution in [-0.2, 0) is 27.0 Å². The Hall–Kier alpha value is -2.42. The average Bonchev–Trinajstić information content (AvgIpc) is 3.33. The number of pyridine rings is 1. The molecule has 1 amide bonds. The average molecular weight is 404 g/mol. The minimum absolute atomic E-state index is 0.0669. The fraction of sp³-hybridized carbons (Fsp3) is 0.526. The van der Waals surface area contributed by atoms with Gasteiger partial charge in [-0.2, -0.15) is 5.10 Å². The second-order valence-electron chi connectivity index (χ2n) is 7.72. The van der Waals surface area contributed by atoms with Gasteiger partial charge in [-0.1, -0.05) is 0 Å². The second-order valence-corrected chi connectivity index (χ2v) is 9.18. The van der Waals surface area contributed by atoms with Gasteiger partial charge in [-0.25, -0.2) is 4.79 Å². The summed E-state index contributed by atoms with van der Waals surface area (Å²) in [5.74, 6) is 2.12. The van der Waals surface area contributed by atoms with Crippen LogP contribution in [0.15, 0.2) is 18.5 Å². The Bertz CT molecular complexity index is 897. The molecule has 0 spiro atoms. The van der Waals surface area contributed by atoms with Crippen LogP contribution >= 0.6 is 0 Å². The highest BCUT2D eigenvalue weighted by Gasteiger charge is 2.30. The molecule has 2 aromatic heterocycles. The highest BCUT2D eigenvalue weighted by Crippen LogP contribution is 2.36. The first-order chi connectivity index (χ1) is 13.5. The maximum Gasteiger partial charge on any atom is 0.407 e. The number of nitrogens with zero attached hydrogens (tertiary/aromatic N) is 2. The minimum atomic E-state index is -0.852. The van der Waals surface area contributed by atoms with Gasteiger partial charge in [0.1, 0.15) is 6.10 Å². The highest BCUT2D eigenvalue weighted by molar-refractivity contribution is 7.83. The minimum Gasteiger partial charge on any atom is -0.446 e. The Kier molecular flexibility index (Phi) is 5.34. The van der Waals surface area contributed by atoms with Crippen LogP contribution in [0, 0.1) is 0 Å². The highest BCUT2D eigenvalue weighted by atomic mass is 32.2. The molecule has 9 heteroatoms. The molecule has 3 heterocycles. The van der Waals surface area contributed by atoms with Crippen LogP contribution < -0.4 is 10.6 Å². The number of nitrogens with one attached hydrogen (secondary N) is 3. The molecule has 1 aliphatic heterocycles. The molecule has 2 aliphatic rings. The zero-order chi connectivity index (χ0) is 19.7. The van der Waals surface area contributed by atoms with E-state index in [2.05, 4.69) is 25.8 Å². The van der Waals surface area contributed by atoms with Gasteiger partial charge in [0.05, 0.1) is 23.4 Å². The predicted octanol–water partition coefficient (Wildman–Crippen LogP) is 3.08. The standard InChI is InChI=1S/C19H25N5O3S/c1-11(2)21-19(25)27-14-4-3-12(5-14)16-6-18(24-23-16)22-17-8-20-7-13-9-28(26)10-15(13)17/h6-8,11-12,14H,3-5,9-10H2,1-2H3,(H,21,25)(H2,22,23,24). The largest absolute Gasteiger partial charge is 0.446 e. The second kappa shape index (κ2) is 7.90. The van der Waals surface area contributed by atoms with Crippen LogP contribution in [0.25, 0.3) is 0 Å². The Morgan fingerprint density at radius 2 is 2.18 bits per heavy atom. The first-order valence-corrected chi connectivity index (χ1v) is 11.1. The number of aromatic nitrogens is 3. The van der Waals surface area contributed by atoms with E-state index in [4.69, 9.17) is 4.74 Å². The van der Waals surface area contributed by atoms with Crippen LogP contribution in [0.1, 0.15) is 55.8 Å². The summed E-state index contributed by atoms with van der Waals surface area (Å²) >= 11 is 0. The van der Waals surface area contributed by atoms with E-state index >= 15 is 0 Å². The first kappa shape index (κ1) is 18.9. The lowest BCUT2D eigenvalue weighted by Gasteiger charge is -2.14. The third-order valence-corrected chi connectivity index (χ3v) is 6.38. The molecule has 1 fully saturated rings. The van der Waals surface area contributed by atoms with E-state index in [-0.39, 0.29) is 24.2 Å². The number of aromatic amines is 1. The van der Waals surface area contributed by atoms with Gasteiger partial charge in [-0.05, 0) is 44.2 Å². The lowest BCUT2D eigenvalue weighted by molar-refractivity contribution is 0.0981. The van der Waals surface area contributed by atoms with Gasteiger partial charge < -0.3 is 15.4 Å². The normalized spacial score (nSPS) is 23.6. The van der Waals surface area contributed by atoms with Crippen molar-refractivity contribution in [3.63, 3.8) is 0 Å². The summed E-state index contributed by atoms with van der Waals surface area (Å²) in [6.07, 6.45) is 5.70. The van der Waals surface area contributed by atoms with Crippen molar-refractivity contribution in [2.45, 2.75) is 62.7 Å². The third kappa shape index (κ3) is 4.19. The van der Waals surface area contributed by atoms with Gasteiger partial charge in [0.2, 0.25) is 0 Å². The lowest BCUT2D eigenvalue weighted by atomic mass is 10.0. The number of hydrogen-bond acceptors (Lipinski definition) is 6. The molecule has 1 saturated carbocycles. The van der Waals surface area contributed by atoms with Gasteiger partial charge in [0, 0.05) is 40.7 Å². The molecule has 0 saturated heterocycles. The molecule has 0 radical (unpaired) electrons. The summed E-state index contributed by atoms with van der Waals surface area (Å²) in [4.78, 5) is 16.0. The Labute approximate surface area is 166 Å². The fourth-order valence-electron chi connectivity index (χ4n) is 3.82. The lowest BCUT2D eigenvalue weighted by Crippen LogP contribution is -2.33. The monoisotopic (exact) mass is 403 g/mol. The zero-order valence-corrected chi connectivity index (χ0v) is 16.8. The van der Waals surface area contributed by atoms with Crippen molar-refractivity contribution in [3.05, 3.63) is 35.3 Å². The number of carbonyl (C=O) groups is 1. The first-order valence-electron chi connectivity index (χ1n) is 9.58. The summed E-state index contributed by atoms with van der Waals surface area (Å²) in [6, 6.07) is 2.06. The Balaban J connectivity index is 1.38. The maximum absolute atomic E-state index is 11.8. The molecular weight excluding hydrogens is 378 g/mol. The number of alkyl carbamates (subject to hydrolysis) is 1. The van der Waals surface area contributed by atoms with Crippen molar-refractivity contribution in [1.29, 1.82) is 0 Å². The van der Waals surface area contributed by atoms with E-state index in [0.717, 1.165) is 41.8 Å². The number of rotatable bonds is 5. The topological polar surface area (TPSA) is 109 Å². The Morgan fingerprint density at radius 1 is 1.32 bits per heavy atom. The number of carbonyl (C=O) groups excluding carboxylic acids is 1. The van der Waals surface area contributed by atoms with Crippen molar-refractivity contribution in [1.82, 2.24) is 20.5 Å². The smallest absolute Gasteiger partial charge is 0.407 e. The molecule has 4 rings (SSSR count). The van der Waals surface area contributed by atoms with Gasteiger partial charge in [0.15, 0.2) is 5.82 Å². The van der Waals surface area contributed by atoms with Gasteiger partial charge in [0.25, 0.3) is 0 Å². The summed E-state index contributed by atoms with van der Waals surface area (Å²) in [6.45, 7) is 3.82. The van der Waals surface area contributed by atoms with Gasteiger partial charge in [-0.3, -0.25) is 14.3 Å². The molecular formula is C19H25N5O3S. The molecule has 3 N–H and O–H groups in total. The number of hydrogen-bond donors (Lipinski definition) is 3. The third-order valence-electron chi connectivity index (χ3n) is 5.13. The van der Waals surface area contributed by atoms with E-state index in [9.17, 15) is 9.00 Å². The van der Waals surface area contributed by atoms with E-state index in [0.29, 0.717) is 17.3 Å². The molecule has 3 unspecified atom stereocenters. The molecule has 150 valence electrons. The van der Waals surface area contributed by atoms with Crippen molar-refractivity contribution >= 4 is 28.4 Å². The number of fused-ring (bicyclic) bond motifs is 1. The van der Waals surface area contributed by atoms with Crippen LogP contribution in [0.4, 0.5) is 16.3 Å². The van der Waals surface area contributed by atoms with Crippen molar-refractivity contribution in [3.8, 4) is 0 Å².